The molecule has 23 heavy (non-hydrogen) atoms. The van der Waals surface area contributed by atoms with Crippen molar-refractivity contribution < 1.29 is 4.39 Å². The Bertz CT molecular complexity index is 653. The van der Waals surface area contributed by atoms with Crippen molar-refractivity contribution in [3.05, 3.63) is 69.5 Å². The Labute approximate surface area is 146 Å². The predicted molar refractivity (Wildman–Crippen MR) is 93.4 cm³/mol. The van der Waals surface area contributed by atoms with Crippen LogP contribution in [-0.4, -0.2) is 36.0 Å². The van der Waals surface area contributed by atoms with Gasteiger partial charge in [0.25, 0.3) is 0 Å². The van der Waals surface area contributed by atoms with Crippen LogP contribution < -0.4 is 0 Å². The van der Waals surface area contributed by atoms with Crippen molar-refractivity contribution in [3.63, 3.8) is 0 Å². The minimum atomic E-state index is -0.286. The highest BCUT2D eigenvalue weighted by Gasteiger charge is 2.18. The van der Waals surface area contributed by atoms with Gasteiger partial charge >= 0.3 is 0 Å². The Balaban J connectivity index is 1.51. The molecule has 1 aliphatic heterocycles. The summed E-state index contributed by atoms with van der Waals surface area (Å²) >= 11 is 12.0. The summed E-state index contributed by atoms with van der Waals surface area (Å²) in [6.45, 7) is 5.72. The Morgan fingerprint density at radius 3 is 2.04 bits per heavy atom. The molecule has 0 amide bonds. The van der Waals surface area contributed by atoms with Crippen molar-refractivity contribution in [3.8, 4) is 0 Å². The molecule has 122 valence electrons. The van der Waals surface area contributed by atoms with Crippen molar-refractivity contribution in [2.75, 3.05) is 26.2 Å². The van der Waals surface area contributed by atoms with E-state index in [1.54, 1.807) is 6.07 Å². The summed E-state index contributed by atoms with van der Waals surface area (Å²) in [6.07, 6.45) is 0. The molecule has 2 aromatic rings. The Kier molecular flexibility index (Phi) is 5.54. The molecule has 2 aromatic carbocycles. The van der Waals surface area contributed by atoms with Crippen LogP contribution in [-0.2, 0) is 13.1 Å². The molecule has 0 atom stereocenters. The molecular weight excluding hydrogens is 334 g/mol. The molecule has 0 radical (unpaired) electrons. The van der Waals surface area contributed by atoms with Gasteiger partial charge in [-0.15, -0.1) is 0 Å². The smallest absolute Gasteiger partial charge is 0.124 e. The van der Waals surface area contributed by atoms with Gasteiger partial charge < -0.3 is 0 Å². The van der Waals surface area contributed by atoms with Crippen molar-refractivity contribution in [2.24, 2.45) is 0 Å². The highest BCUT2D eigenvalue weighted by atomic mass is 35.5. The normalized spacial score (nSPS) is 16.7. The quantitative estimate of drug-likeness (QED) is 0.801. The number of halogens is 3. The van der Waals surface area contributed by atoms with Gasteiger partial charge in [-0.2, -0.15) is 0 Å². The number of piperazine rings is 1. The van der Waals surface area contributed by atoms with Crippen molar-refractivity contribution in [1.82, 2.24) is 9.80 Å². The number of benzene rings is 2. The van der Waals surface area contributed by atoms with E-state index >= 15 is 0 Å². The maximum absolute atomic E-state index is 13.1. The van der Waals surface area contributed by atoms with E-state index in [0.29, 0.717) is 5.02 Å². The van der Waals surface area contributed by atoms with Crippen LogP contribution in [0.5, 0.6) is 0 Å². The largest absolute Gasteiger partial charge is 0.297 e. The fourth-order valence-corrected chi connectivity index (χ4v) is 3.20. The molecule has 0 aromatic heterocycles. The van der Waals surface area contributed by atoms with Crippen LogP contribution >= 0.6 is 23.2 Å². The van der Waals surface area contributed by atoms with Crippen LogP contribution in [0.25, 0.3) is 0 Å². The first-order valence-corrected chi connectivity index (χ1v) is 8.49. The van der Waals surface area contributed by atoms with E-state index < -0.39 is 0 Å². The highest BCUT2D eigenvalue weighted by Crippen LogP contribution is 2.20. The number of rotatable bonds is 4. The second-order valence-electron chi connectivity index (χ2n) is 5.91. The van der Waals surface area contributed by atoms with Crippen LogP contribution in [0.4, 0.5) is 4.39 Å². The monoisotopic (exact) mass is 352 g/mol. The van der Waals surface area contributed by atoms with E-state index in [4.69, 9.17) is 23.2 Å². The molecule has 2 nitrogen and oxygen atoms in total. The molecule has 1 saturated heterocycles. The minimum absolute atomic E-state index is 0.286. The van der Waals surface area contributed by atoms with Gasteiger partial charge in [0.2, 0.25) is 0 Å². The van der Waals surface area contributed by atoms with Crippen molar-refractivity contribution in [2.45, 2.75) is 13.1 Å². The number of nitrogens with zero attached hydrogens (tertiary/aromatic N) is 2. The predicted octanol–water partition coefficient (Wildman–Crippen LogP) is 4.45. The molecule has 5 heteroatoms. The van der Waals surface area contributed by atoms with Gasteiger partial charge in [0, 0.05) is 49.3 Å². The summed E-state index contributed by atoms with van der Waals surface area (Å²) in [5.74, 6) is -0.286. The van der Waals surface area contributed by atoms with Gasteiger partial charge in [0.1, 0.15) is 5.82 Å². The van der Waals surface area contributed by atoms with E-state index in [-0.39, 0.29) is 5.82 Å². The zero-order valence-electron chi connectivity index (χ0n) is 12.8. The first-order chi connectivity index (χ1) is 11.1. The van der Waals surface area contributed by atoms with Crippen LogP contribution in [0.1, 0.15) is 11.1 Å². The lowest BCUT2D eigenvalue weighted by Gasteiger charge is -2.34. The first-order valence-electron chi connectivity index (χ1n) is 7.73. The molecule has 0 bridgehead atoms. The van der Waals surface area contributed by atoms with Crippen molar-refractivity contribution in [1.29, 1.82) is 0 Å². The fourth-order valence-electron chi connectivity index (χ4n) is 2.84. The minimum Gasteiger partial charge on any atom is -0.297 e. The Morgan fingerprint density at radius 1 is 0.826 bits per heavy atom. The summed E-state index contributed by atoms with van der Waals surface area (Å²) in [4.78, 5) is 4.80. The second kappa shape index (κ2) is 7.63. The van der Waals surface area contributed by atoms with Crippen LogP contribution in [0.3, 0.4) is 0 Å². The average Bonchev–Trinajstić information content (AvgIpc) is 2.54. The number of hydrogen-bond donors (Lipinski definition) is 0. The fraction of sp³-hybridized carbons (Fsp3) is 0.333. The van der Waals surface area contributed by atoms with E-state index in [1.807, 2.05) is 12.1 Å². The van der Waals surface area contributed by atoms with Gasteiger partial charge in [-0.1, -0.05) is 41.4 Å². The Hall–Kier alpha value is -1.13. The maximum Gasteiger partial charge on any atom is 0.124 e. The third-order valence-electron chi connectivity index (χ3n) is 4.19. The molecule has 3 rings (SSSR count). The standard InChI is InChI=1S/C18H19Cl2FN2/c19-16-4-1-14(2-5-16)12-22-7-9-23(10-8-22)13-15-3-6-17(21)11-18(15)20/h1-6,11H,7-10,12-13H2. The van der Waals surface area contributed by atoms with Gasteiger partial charge in [-0.25, -0.2) is 4.39 Å². The third kappa shape index (κ3) is 4.67. The van der Waals surface area contributed by atoms with Crippen LogP contribution in [0.15, 0.2) is 42.5 Å². The molecule has 1 fully saturated rings. The van der Waals surface area contributed by atoms with E-state index in [0.717, 1.165) is 49.9 Å². The molecule has 0 aliphatic carbocycles. The molecule has 0 unspecified atom stereocenters. The molecular formula is C18H19Cl2FN2. The average molecular weight is 353 g/mol. The van der Waals surface area contributed by atoms with E-state index in [1.165, 1.54) is 17.7 Å². The van der Waals surface area contributed by atoms with Crippen molar-refractivity contribution >= 4 is 23.2 Å². The lowest BCUT2D eigenvalue weighted by molar-refractivity contribution is 0.122. The lowest BCUT2D eigenvalue weighted by atomic mass is 10.1. The maximum atomic E-state index is 13.1. The summed E-state index contributed by atoms with van der Waals surface area (Å²) in [6, 6.07) is 12.6. The zero-order chi connectivity index (χ0) is 16.2. The van der Waals surface area contributed by atoms with Gasteiger partial charge in [0.15, 0.2) is 0 Å². The molecule has 0 saturated carbocycles. The van der Waals surface area contributed by atoms with E-state index in [9.17, 15) is 4.39 Å². The third-order valence-corrected chi connectivity index (χ3v) is 4.80. The summed E-state index contributed by atoms with van der Waals surface area (Å²) < 4.78 is 13.1. The van der Waals surface area contributed by atoms with Crippen LogP contribution in [0.2, 0.25) is 10.0 Å². The summed E-state index contributed by atoms with van der Waals surface area (Å²) in [5.41, 5.74) is 2.27. The summed E-state index contributed by atoms with van der Waals surface area (Å²) in [7, 11) is 0. The molecule has 1 aliphatic rings. The Morgan fingerprint density at radius 2 is 1.43 bits per heavy atom. The second-order valence-corrected chi connectivity index (χ2v) is 6.76. The van der Waals surface area contributed by atoms with Gasteiger partial charge in [-0.3, -0.25) is 9.80 Å². The highest BCUT2D eigenvalue weighted by molar-refractivity contribution is 6.31. The summed E-state index contributed by atoms with van der Waals surface area (Å²) in [5, 5.41) is 1.28. The SMILES string of the molecule is Fc1ccc(CN2CCN(Cc3ccc(Cl)cc3)CC2)c(Cl)c1. The molecule has 0 spiro atoms. The van der Waals surface area contributed by atoms with Crippen LogP contribution in [0, 0.1) is 5.82 Å². The molecule has 1 heterocycles. The lowest BCUT2D eigenvalue weighted by Crippen LogP contribution is -2.45. The van der Waals surface area contributed by atoms with E-state index in [2.05, 4.69) is 21.9 Å². The number of hydrogen-bond acceptors (Lipinski definition) is 2. The van der Waals surface area contributed by atoms with Gasteiger partial charge in [-0.05, 0) is 35.4 Å². The molecule has 0 N–H and O–H groups in total. The van der Waals surface area contributed by atoms with Gasteiger partial charge in [0.05, 0.1) is 0 Å². The zero-order valence-corrected chi connectivity index (χ0v) is 14.3. The topological polar surface area (TPSA) is 6.48 Å². The first kappa shape index (κ1) is 16.7.